The molecule has 0 radical (unpaired) electrons. The first-order chi connectivity index (χ1) is 14.8. The van der Waals surface area contributed by atoms with Crippen LogP contribution < -0.4 is 14.5 Å². The lowest BCUT2D eigenvalue weighted by molar-refractivity contribution is 0.0939. The summed E-state index contributed by atoms with van der Waals surface area (Å²) >= 11 is 0. The Morgan fingerprint density at radius 3 is 2.74 bits per heavy atom. The molecule has 2 unspecified atom stereocenters. The molecule has 0 saturated carbocycles. The number of anilines is 2. The normalized spacial score (nSPS) is 23.2. The lowest BCUT2D eigenvalue weighted by Gasteiger charge is -2.35. The Morgan fingerprint density at radius 1 is 1.26 bits per heavy atom. The number of benzene rings is 1. The third-order valence-electron chi connectivity index (χ3n) is 5.99. The van der Waals surface area contributed by atoms with E-state index in [4.69, 9.17) is 0 Å². The van der Waals surface area contributed by atoms with Gasteiger partial charge in [0.1, 0.15) is 5.82 Å². The van der Waals surface area contributed by atoms with E-state index in [1.165, 1.54) is 21.6 Å². The number of aromatic nitrogens is 1. The fourth-order valence-electron chi connectivity index (χ4n) is 4.39. The van der Waals surface area contributed by atoms with Gasteiger partial charge in [0.05, 0.1) is 24.4 Å². The number of piperazine rings is 1. The van der Waals surface area contributed by atoms with Crippen LogP contribution >= 0.6 is 0 Å². The Kier molecular flexibility index (Phi) is 6.00. The van der Waals surface area contributed by atoms with E-state index < -0.39 is 16.1 Å². The molecule has 0 bridgehead atoms. The van der Waals surface area contributed by atoms with Crippen LogP contribution in [-0.2, 0) is 10.0 Å². The van der Waals surface area contributed by atoms with Crippen LogP contribution in [0.3, 0.4) is 0 Å². The van der Waals surface area contributed by atoms with Crippen molar-refractivity contribution in [1.82, 2.24) is 10.3 Å². The first-order valence-corrected chi connectivity index (χ1v) is 12.1. The molecule has 8 nitrogen and oxygen atoms in total. The van der Waals surface area contributed by atoms with Crippen LogP contribution in [0, 0.1) is 13.8 Å². The molecule has 3 heterocycles. The van der Waals surface area contributed by atoms with Crippen molar-refractivity contribution in [1.29, 1.82) is 0 Å². The van der Waals surface area contributed by atoms with Crippen LogP contribution in [0.4, 0.5) is 11.5 Å². The molecule has 2 atom stereocenters. The molecule has 2 aliphatic heterocycles. The molecule has 2 saturated heterocycles. The predicted octanol–water partition coefficient (Wildman–Crippen LogP) is 1.26. The highest BCUT2D eigenvalue weighted by Gasteiger charge is 2.38. The SMILES string of the molecule is Cc1ccc(N2CCNC(C(=O)c3ccc(N4C(CO)CCS4(=O)=O)nc3)C2)c(C)c1. The second-order valence-electron chi connectivity index (χ2n) is 8.25. The smallest absolute Gasteiger partial charge is 0.236 e. The Morgan fingerprint density at radius 2 is 2.06 bits per heavy atom. The Hall–Kier alpha value is -2.49. The summed E-state index contributed by atoms with van der Waals surface area (Å²) in [6, 6.07) is 8.60. The van der Waals surface area contributed by atoms with Crippen molar-refractivity contribution in [3.63, 3.8) is 0 Å². The maximum Gasteiger partial charge on any atom is 0.236 e. The van der Waals surface area contributed by atoms with Gasteiger partial charge in [0.2, 0.25) is 10.0 Å². The van der Waals surface area contributed by atoms with Gasteiger partial charge in [-0.1, -0.05) is 17.7 Å². The molecular weight excluding hydrogens is 416 g/mol. The number of nitrogens with one attached hydrogen (secondary N) is 1. The third-order valence-corrected chi connectivity index (χ3v) is 7.83. The van der Waals surface area contributed by atoms with E-state index in [1.807, 2.05) is 0 Å². The topological polar surface area (TPSA) is 103 Å². The summed E-state index contributed by atoms with van der Waals surface area (Å²) in [4.78, 5) is 19.6. The fourth-order valence-corrected chi connectivity index (χ4v) is 6.18. The molecule has 2 aromatic rings. The maximum absolute atomic E-state index is 13.1. The molecule has 2 N–H and O–H groups in total. The number of pyridine rings is 1. The van der Waals surface area contributed by atoms with E-state index in [-0.39, 0.29) is 30.0 Å². The monoisotopic (exact) mass is 444 g/mol. The molecular formula is C22H28N4O4S. The zero-order chi connectivity index (χ0) is 22.2. The van der Waals surface area contributed by atoms with Crippen LogP contribution in [0.2, 0.25) is 0 Å². The average molecular weight is 445 g/mol. The Labute approximate surface area is 182 Å². The first kappa shape index (κ1) is 21.7. The van der Waals surface area contributed by atoms with Crippen LogP contribution in [0.1, 0.15) is 27.9 Å². The lowest BCUT2D eigenvalue weighted by Crippen LogP contribution is -2.54. The minimum Gasteiger partial charge on any atom is -0.394 e. The molecule has 2 aliphatic rings. The Balaban J connectivity index is 1.50. The van der Waals surface area contributed by atoms with E-state index in [9.17, 15) is 18.3 Å². The predicted molar refractivity (Wildman–Crippen MR) is 120 cm³/mol. The number of aliphatic hydroxyl groups excluding tert-OH is 1. The van der Waals surface area contributed by atoms with Crippen molar-refractivity contribution in [2.45, 2.75) is 32.4 Å². The van der Waals surface area contributed by atoms with Crippen molar-refractivity contribution >= 4 is 27.3 Å². The van der Waals surface area contributed by atoms with Gasteiger partial charge in [-0.25, -0.2) is 17.7 Å². The standard InChI is InChI=1S/C22H28N4O4S/c1-15-3-5-20(16(2)11-15)25-9-8-23-19(13-25)22(28)17-4-6-21(24-12-17)26-18(14-27)7-10-31(26,29)30/h3-6,11-12,18-19,23,27H,7-10,13-14H2,1-2H3. The Bertz CT molecular complexity index is 1070. The summed E-state index contributed by atoms with van der Waals surface area (Å²) in [6.07, 6.45) is 1.79. The molecule has 2 fully saturated rings. The number of hydrogen-bond donors (Lipinski definition) is 2. The van der Waals surface area contributed by atoms with Crippen LogP contribution in [0.15, 0.2) is 36.5 Å². The highest BCUT2D eigenvalue weighted by molar-refractivity contribution is 7.93. The van der Waals surface area contributed by atoms with Gasteiger partial charge < -0.3 is 15.3 Å². The number of nitrogens with zero attached hydrogens (tertiary/aromatic N) is 3. The first-order valence-electron chi connectivity index (χ1n) is 10.5. The summed E-state index contributed by atoms with van der Waals surface area (Å²) in [5, 5.41) is 12.8. The number of rotatable bonds is 5. The number of hydrogen-bond acceptors (Lipinski definition) is 7. The van der Waals surface area contributed by atoms with E-state index in [1.54, 1.807) is 12.1 Å². The van der Waals surface area contributed by atoms with Gasteiger partial charge in [0.25, 0.3) is 0 Å². The fraction of sp³-hybridized carbons (Fsp3) is 0.455. The summed E-state index contributed by atoms with van der Waals surface area (Å²) in [5.41, 5.74) is 3.96. The van der Waals surface area contributed by atoms with Gasteiger partial charge in [0, 0.05) is 37.1 Å². The average Bonchev–Trinajstić information content (AvgIpc) is 3.07. The van der Waals surface area contributed by atoms with Gasteiger partial charge in [0.15, 0.2) is 5.78 Å². The molecule has 0 spiro atoms. The number of carbonyl (C=O) groups is 1. The third kappa shape index (κ3) is 4.30. The van der Waals surface area contributed by atoms with Gasteiger partial charge in [-0.2, -0.15) is 0 Å². The second kappa shape index (κ2) is 8.57. The van der Waals surface area contributed by atoms with Gasteiger partial charge in [-0.05, 0) is 44.0 Å². The molecule has 1 aromatic heterocycles. The van der Waals surface area contributed by atoms with E-state index in [2.05, 4.69) is 47.2 Å². The number of ketones is 1. The van der Waals surface area contributed by atoms with Crippen LogP contribution in [-0.4, -0.2) is 68.4 Å². The number of sulfonamides is 1. The summed E-state index contributed by atoms with van der Waals surface area (Å²) < 4.78 is 25.8. The minimum absolute atomic E-state index is 0.0131. The highest BCUT2D eigenvalue weighted by atomic mass is 32.2. The number of aryl methyl sites for hydroxylation is 2. The number of Topliss-reactive ketones (excluding diaryl/α,β-unsaturated/α-hetero) is 1. The summed E-state index contributed by atoms with van der Waals surface area (Å²) in [6.45, 7) is 5.95. The zero-order valence-corrected chi connectivity index (χ0v) is 18.6. The van der Waals surface area contributed by atoms with Crippen LogP contribution in [0.5, 0.6) is 0 Å². The molecule has 31 heavy (non-hydrogen) atoms. The summed E-state index contributed by atoms with van der Waals surface area (Å²) in [7, 11) is -3.49. The van der Waals surface area contributed by atoms with Gasteiger partial charge in [-0.15, -0.1) is 0 Å². The van der Waals surface area contributed by atoms with E-state index in [0.29, 0.717) is 25.1 Å². The van der Waals surface area contributed by atoms with Crippen molar-refractivity contribution in [3.8, 4) is 0 Å². The minimum atomic E-state index is -3.49. The number of carbonyl (C=O) groups excluding carboxylic acids is 1. The summed E-state index contributed by atoms with van der Waals surface area (Å²) in [5.74, 6) is 0.152. The van der Waals surface area contributed by atoms with Crippen molar-refractivity contribution in [2.75, 3.05) is 41.2 Å². The zero-order valence-electron chi connectivity index (χ0n) is 17.8. The maximum atomic E-state index is 13.1. The van der Waals surface area contributed by atoms with E-state index in [0.717, 1.165) is 12.2 Å². The van der Waals surface area contributed by atoms with Crippen LogP contribution in [0.25, 0.3) is 0 Å². The molecule has 166 valence electrons. The lowest BCUT2D eigenvalue weighted by atomic mass is 10.0. The molecule has 1 aromatic carbocycles. The quantitative estimate of drug-likeness (QED) is 0.670. The molecule has 0 amide bonds. The van der Waals surface area contributed by atoms with Crippen molar-refractivity contribution in [3.05, 3.63) is 53.2 Å². The number of aliphatic hydroxyl groups is 1. The largest absolute Gasteiger partial charge is 0.394 e. The molecule has 4 rings (SSSR count). The highest BCUT2D eigenvalue weighted by Crippen LogP contribution is 2.28. The van der Waals surface area contributed by atoms with Crippen molar-refractivity contribution in [2.24, 2.45) is 0 Å². The van der Waals surface area contributed by atoms with Crippen molar-refractivity contribution < 1.29 is 18.3 Å². The molecule has 0 aliphatic carbocycles. The van der Waals surface area contributed by atoms with Gasteiger partial charge >= 0.3 is 0 Å². The second-order valence-corrected chi connectivity index (χ2v) is 10.2. The molecule has 9 heteroatoms. The van der Waals surface area contributed by atoms with E-state index >= 15 is 0 Å². The van der Waals surface area contributed by atoms with Gasteiger partial charge in [-0.3, -0.25) is 4.79 Å².